The number of nitrogens with one attached hydrogen (secondary N) is 1. The van der Waals surface area contributed by atoms with Crippen molar-refractivity contribution in [2.75, 3.05) is 0 Å². The lowest BCUT2D eigenvalue weighted by molar-refractivity contribution is -0.121. The summed E-state index contributed by atoms with van der Waals surface area (Å²) in [6, 6.07) is 17.6. The number of ether oxygens (including phenoxy) is 1. The number of hydrogen-bond acceptors (Lipinski definition) is 3. The monoisotopic (exact) mass is 310 g/mol. The quantitative estimate of drug-likeness (QED) is 0.594. The number of nitrogens with zero attached hydrogens (tertiary/aromatic N) is 1. The predicted molar refractivity (Wildman–Crippen MR) is 92.5 cm³/mol. The van der Waals surface area contributed by atoms with Gasteiger partial charge < -0.3 is 4.74 Å². The van der Waals surface area contributed by atoms with E-state index < -0.39 is 0 Å². The Hall–Kier alpha value is -2.62. The molecule has 0 saturated carbocycles. The van der Waals surface area contributed by atoms with E-state index in [1.807, 2.05) is 54.6 Å². The van der Waals surface area contributed by atoms with Crippen LogP contribution in [-0.2, 0) is 11.4 Å². The predicted octanol–water partition coefficient (Wildman–Crippen LogP) is 3.91. The molecule has 4 nitrogen and oxygen atoms in total. The first-order valence-electron chi connectivity index (χ1n) is 7.86. The zero-order valence-corrected chi connectivity index (χ0v) is 13.4. The molecule has 1 N–H and O–H groups in total. The number of carbonyl (C=O) groups excluding carboxylic acids is 1. The van der Waals surface area contributed by atoms with Crippen molar-refractivity contribution in [3.63, 3.8) is 0 Å². The Morgan fingerprint density at radius 3 is 2.57 bits per heavy atom. The highest BCUT2D eigenvalue weighted by Crippen LogP contribution is 2.13. The lowest BCUT2D eigenvalue weighted by Gasteiger charge is -2.06. The zero-order valence-electron chi connectivity index (χ0n) is 13.4. The molecule has 0 fully saturated rings. The minimum atomic E-state index is -0.0501. The van der Waals surface area contributed by atoms with Crippen molar-refractivity contribution in [1.29, 1.82) is 0 Å². The number of unbranched alkanes of at least 4 members (excludes halogenated alkanes) is 1. The Bertz CT molecular complexity index is 622. The molecular weight excluding hydrogens is 288 g/mol. The average Bonchev–Trinajstić information content (AvgIpc) is 2.60. The van der Waals surface area contributed by atoms with Gasteiger partial charge in [-0.1, -0.05) is 43.7 Å². The minimum absolute atomic E-state index is 0.0501. The van der Waals surface area contributed by atoms with Crippen molar-refractivity contribution in [2.24, 2.45) is 5.10 Å². The lowest BCUT2D eigenvalue weighted by Crippen LogP contribution is -2.16. The summed E-state index contributed by atoms with van der Waals surface area (Å²) in [6.45, 7) is 2.60. The molecule has 0 aromatic heterocycles. The van der Waals surface area contributed by atoms with Crippen LogP contribution in [0, 0.1) is 0 Å². The van der Waals surface area contributed by atoms with Crippen molar-refractivity contribution >= 4 is 12.1 Å². The second-order valence-electron chi connectivity index (χ2n) is 5.24. The van der Waals surface area contributed by atoms with Crippen LogP contribution in [0.3, 0.4) is 0 Å². The molecule has 120 valence electrons. The van der Waals surface area contributed by atoms with E-state index in [2.05, 4.69) is 17.5 Å². The maximum atomic E-state index is 11.4. The smallest absolute Gasteiger partial charge is 0.240 e. The van der Waals surface area contributed by atoms with Crippen molar-refractivity contribution in [1.82, 2.24) is 5.43 Å². The van der Waals surface area contributed by atoms with Gasteiger partial charge in [-0.25, -0.2) is 5.43 Å². The van der Waals surface area contributed by atoms with E-state index in [0.29, 0.717) is 13.0 Å². The molecule has 2 rings (SSSR count). The van der Waals surface area contributed by atoms with E-state index in [4.69, 9.17) is 4.74 Å². The molecule has 0 unspecified atom stereocenters. The van der Waals surface area contributed by atoms with Gasteiger partial charge in [-0.3, -0.25) is 4.79 Å². The zero-order chi connectivity index (χ0) is 16.3. The molecule has 0 bridgehead atoms. The SMILES string of the molecule is CCCCC(=O)N/N=C\c1ccc(OCc2ccccc2)cc1. The van der Waals surface area contributed by atoms with Crippen LogP contribution in [0.1, 0.15) is 37.3 Å². The first kappa shape index (κ1) is 16.7. The number of benzene rings is 2. The van der Waals surface area contributed by atoms with E-state index in [0.717, 1.165) is 29.7 Å². The van der Waals surface area contributed by atoms with Crippen LogP contribution in [0.4, 0.5) is 0 Å². The Kier molecular flexibility index (Phi) is 6.85. The van der Waals surface area contributed by atoms with Crippen LogP contribution in [0.2, 0.25) is 0 Å². The summed E-state index contributed by atoms with van der Waals surface area (Å²) >= 11 is 0. The third kappa shape index (κ3) is 6.34. The number of carbonyl (C=O) groups is 1. The molecule has 2 aromatic rings. The minimum Gasteiger partial charge on any atom is -0.489 e. The highest BCUT2D eigenvalue weighted by molar-refractivity contribution is 5.82. The van der Waals surface area contributed by atoms with E-state index in [-0.39, 0.29) is 5.91 Å². The molecule has 4 heteroatoms. The maximum absolute atomic E-state index is 11.4. The lowest BCUT2D eigenvalue weighted by atomic mass is 10.2. The fourth-order valence-corrected chi connectivity index (χ4v) is 1.96. The topological polar surface area (TPSA) is 50.7 Å². The van der Waals surface area contributed by atoms with E-state index in [9.17, 15) is 4.79 Å². The Morgan fingerprint density at radius 1 is 1.13 bits per heavy atom. The van der Waals surface area contributed by atoms with Gasteiger partial charge in [0.1, 0.15) is 12.4 Å². The highest BCUT2D eigenvalue weighted by atomic mass is 16.5. The van der Waals surface area contributed by atoms with Crippen LogP contribution >= 0.6 is 0 Å². The summed E-state index contributed by atoms with van der Waals surface area (Å²) in [4.78, 5) is 11.4. The van der Waals surface area contributed by atoms with Gasteiger partial charge in [0.25, 0.3) is 0 Å². The number of hydrazone groups is 1. The third-order valence-corrected chi connectivity index (χ3v) is 3.29. The number of amides is 1. The molecule has 0 aliphatic heterocycles. The molecule has 0 aliphatic carbocycles. The van der Waals surface area contributed by atoms with Gasteiger partial charge in [-0.2, -0.15) is 5.10 Å². The Morgan fingerprint density at radius 2 is 1.87 bits per heavy atom. The summed E-state index contributed by atoms with van der Waals surface area (Å²) in [7, 11) is 0. The molecule has 0 spiro atoms. The fourth-order valence-electron chi connectivity index (χ4n) is 1.96. The summed E-state index contributed by atoms with van der Waals surface area (Å²) in [5.41, 5.74) is 4.57. The maximum Gasteiger partial charge on any atom is 0.240 e. The molecule has 0 aliphatic rings. The molecule has 2 aromatic carbocycles. The number of rotatable bonds is 8. The molecule has 0 saturated heterocycles. The van der Waals surface area contributed by atoms with E-state index >= 15 is 0 Å². The summed E-state index contributed by atoms with van der Waals surface area (Å²) in [5, 5.41) is 3.95. The van der Waals surface area contributed by atoms with Gasteiger partial charge in [0, 0.05) is 6.42 Å². The summed E-state index contributed by atoms with van der Waals surface area (Å²) < 4.78 is 5.72. The number of hydrogen-bond donors (Lipinski definition) is 1. The van der Waals surface area contributed by atoms with Gasteiger partial charge in [-0.15, -0.1) is 0 Å². The Balaban J connectivity index is 1.79. The molecule has 0 heterocycles. The average molecular weight is 310 g/mol. The first-order valence-corrected chi connectivity index (χ1v) is 7.86. The van der Waals surface area contributed by atoms with E-state index in [1.54, 1.807) is 6.21 Å². The van der Waals surface area contributed by atoms with Gasteiger partial charge in [0.05, 0.1) is 6.21 Å². The molecular formula is C19H22N2O2. The van der Waals surface area contributed by atoms with Crippen LogP contribution in [0.25, 0.3) is 0 Å². The van der Waals surface area contributed by atoms with Gasteiger partial charge in [0.15, 0.2) is 0 Å². The van der Waals surface area contributed by atoms with Crippen LogP contribution in [0.15, 0.2) is 59.7 Å². The van der Waals surface area contributed by atoms with Crippen molar-refractivity contribution < 1.29 is 9.53 Å². The van der Waals surface area contributed by atoms with Crippen LogP contribution < -0.4 is 10.2 Å². The van der Waals surface area contributed by atoms with Crippen LogP contribution in [-0.4, -0.2) is 12.1 Å². The normalized spacial score (nSPS) is 10.7. The standard InChI is InChI=1S/C19H22N2O2/c1-2-3-9-19(22)21-20-14-16-10-12-18(13-11-16)23-15-17-7-5-4-6-8-17/h4-8,10-14H,2-3,9,15H2,1H3,(H,21,22)/b20-14-. The van der Waals surface area contributed by atoms with Crippen LogP contribution in [0.5, 0.6) is 5.75 Å². The molecule has 1 amide bonds. The summed E-state index contributed by atoms with van der Waals surface area (Å²) in [6.07, 6.45) is 4.03. The van der Waals surface area contributed by atoms with Crippen molar-refractivity contribution in [3.8, 4) is 5.75 Å². The molecule has 0 radical (unpaired) electrons. The molecule has 23 heavy (non-hydrogen) atoms. The third-order valence-electron chi connectivity index (χ3n) is 3.29. The largest absolute Gasteiger partial charge is 0.489 e. The first-order chi connectivity index (χ1) is 11.3. The highest BCUT2D eigenvalue weighted by Gasteiger charge is 1.98. The van der Waals surface area contributed by atoms with Crippen molar-refractivity contribution in [3.05, 3.63) is 65.7 Å². The van der Waals surface area contributed by atoms with Gasteiger partial charge >= 0.3 is 0 Å². The summed E-state index contributed by atoms with van der Waals surface area (Å²) in [5.74, 6) is 0.754. The second kappa shape index (κ2) is 9.41. The Labute approximate surface area is 137 Å². The van der Waals surface area contributed by atoms with E-state index in [1.165, 1.54) is 0 Å². The fraction of sp³-hybridized carbons (Fsp3) is 0.263. The van der Waals surface area contributed by atoms with Gasteiger partial charge in [0.2, 0.25) is 5.91 Å². The second-order valence-corrected chi connectivity index (χ2v) is 5.24. The van der Waals surface area contributed by atoms with Crippen molar-refractivity contribution in [2.45, 2.75) is 32.8 Å². The molecule has 0 atom stereocenters. The van der Waals surface area contributed by atoms with Gasteiger partial charge in [-0.05, 0) is 41.8 Å².